The molecule has 1 amide bonds. The number of carbonyl (C=O) groups is 1. The number of rotatable bonds is 6. The second kappa shape index (κ2) is 9.77. The highest BCUT2D eigenvalue weighted by atomic mass is 32.2. The normalized spacial score (nSPS) is 14.6. The average Bonchev–Trinajstić information content (AvgIpc) is 3.33. The van der Waals surface area contributed by atoms with Crippen molar-refractivity contribution in [2.24, 2.45) is 0 Å². The lowest BCUT2D eigenvalue weighted by Gasteiger charge is -2.34. The lowest BCUT2D eigenvalue weighted by Crippen LogP contribution is -2.48. The molecule has 3 aromatic carbocycles. The first kappa shape index (κ1) is 21.7. The van der Waals surface area contributed by atoms with Gasteiger partial charge >= 0.3 is 0 Å². The zero-order valence-corrected chi connectivity index (χ0v) is 19.5. The SMILES string of the molecule is Cc1ccc(-c2nc(SCC(=O)N3CCN(Cc4cccc5ccccc45)CC3)n[nH]2)cc1. The van der Waals surface area contributed by atoms with Crippen molar-refractivity contribution in [3.8, 4) is 11.4 Å². The molecule has 168 valence electrons. The number of thioether (sulfide) groups is 1. The maximum atomic E-state index is 12.7. The maximum Gasteiger partial charge on any atom is 0.233 e. The smallest absolute Gasteiger partial charge is 0.233 e. The fourth-order valence-electron chi connectivity index (χ4n) is 4.20. The molecular formula is C26H27N5OS. The minimum absolute atomic E-state index is 0.145. The van der Waals surface area contributed by atoms with Crippen molar-refractivity contribution in [3.63, 3.8) is 0 Å². The van der Waals surface area contributed by atoms with E-state index in [1.807, 2.05) is 29.2 Å². The Bertz CT molecular complexity index is 1240. The summed E-state index contributed by atoms with van der Waals surface area (Å²) in [5, 5.41) is 10.4. The molecule has 2 heterocycles. The third kappa shape index (κ3) is 5.10. The van der Waals surface area contributed by atoms with E-state index in [-0.39, 0.29) is 5.91 Å². The number of aromatic nitrogens is 3. The number of hydrogen-bond donors (Lipinski definition) is 1. The molecule has 0 radical (unpaired) electrons. The van der Waals surface area contributed by atoms with Crippen molar-refractivity contribution < 1.29 is 4.79 Å². The van der Waals surface area contributed by atoms with Crippen molar-refractivity contribution in [1.82, 2.24) is 25.0 Å². The number of piperazine rings is 1. The summed E-state index contributed by atoms with van der Waals surface area (Å²) in [6.45, 7) is 6.26. The third-order valence-electron chi connectivity index (χ3n) is 6.11. The second-order valence-electron chi connectivity index (χ2n) is 8.42. The lowest BCUT2D eigenvalue weighted by atomic mass is 10.0. The first-order valence-electron chi connectivity index (χ1n) is 11.2. The molecule has 0 saturated carbocycles. The highest BCUT2D eigenvalue weighted by molar-refractivity contribution is 7.99. The van der Waals surface area contributed by atoms with E-state index < -0.39 is 0 Å². The molecule has 0 unspecified atom stereocenters. The number of H-pyrrole nitrogens is 1. The summed E-state index contributed by atoms with van der Waals surface area (Å²) >= 11 is 1.39. The Labute approximate surface area is 198 Å². The molecule has 1 N–H and O–H groups in total. The van der Waals surface area contributed by atoms with Gasteiger partial charge in [0.25, 0.3) is 0 Å². The summed E-state index contributed by atoms with van der Waals surface area (Å²) in [6.07, 6.45) is 0. The van der Waals surface area contributed by atoms with Crippen molar-refractivity contribution in [2.45, 2.75) is 18.6 Å². The molecule has 1 fully saturated rings. The van der Waals surface area contributed by atoms with Crippen molar-refractivity contribution in [2.75, 3.05) is 31.9 Å². The standard InChI is InChI=1S/C26H27N5OS/c1-19-9-11-21(12-10-19)25-27-26(29-28-25)33-18-24(32)31-15-13-30(14-16-31)17-22-7-4-6-20-5-2-3-8-23(20)22/h2-12H,13-18H2,1H3,(H,27,28,29). The summed E-state index contributed by atoms with van der Waals surface area (Å²) in [6, 6.07) is 23.2. The number of nitrogens with one attached hydrogen (secondary N) is 1. The van der Waals surface area contributed by atoms with Gasteiger partial charge in [-0.3, -0.25) is 14.8 Å². The van der Waals surface area contributed by atoms with Gasteiger partial charge in [-0.25, -0.2) is 4.98 Å². The minimum Gasteiger partial charge on any atom is -0.339 e. The predicted octanol–water partition coefficient (Wildman–Crippen LogP) is 4.37. The molecule has 5 rings (SSSR count). The molecule has 1 saturated heterocycles. The van der Waals surface area contributed by atoms with Gasteiger partial charge in [0.05, 0.1) is 5.75 Å². The molecule has 1 aliphatic heterocycles. The zero-order chi connectivity index (χ0) is 22.6. The second-order valence-corrected chi connectivity index (χ2v) is 9.36. The van der Waals surface area contributed by atoms with Crippen molar-refractivity contribution in [3.05, 3.63) is 77.9 Å². The van der Waals surface area contributed by atoms with E-state index in [1.165, 1.54) is 33.7 Å². The predicted molar refractivity (Wildman–Crippen MR) is 133 cm³/mol. The van der Waals surface area contributed by atoms with Crippen LogP contribution in [0.2, 0.25) is 0 Å². The largest absolute Gasteiger partial charge is 0.339 e. The molecule has 7 heteroatoms. The van der Waals surface area contributed by atoms with Crippen LogP contribution in [0.5, 0.6) is 0 Å². The van der Waals surface area contributed by atoms with Crippen LogP contribution in [-0.2, 0) is 11.3 Å². The summed E-state index contributed by atoms with van der Waals surface area (Å²) in [5.41, 5.74) is 3.54. The Kier molecular flexibility index (Phi) is 6.41. The van der Waals surface area contributed by atoms with Crippen LogP contribution in [0.1, 0.15) is 11.1 Å². The van der Waals surface area contributed by atoms with E-state index in [0.717, 1.165) is 44.1 Å². The fraction of sp³-hybridized carbons (Fsp3) is 0.269. The molecule has 6 nitrogen and oxygen atoms in total. The zero-order valence-electron chi connectivity index (χ0n) is 18.7. The Balaban J connectivity index is 1.12. The molecule has 0 aliphatic carbocycles. The van der Waals surface area contributed by atoms with Crippen LogP contribution in [0.25, 0.3) is 22.2 Å². The van der Waals surface area contributed by atoms with Gasteiger partial charge in [0.2, 0.25) is 11.1 Å². The van der Waals surface area contributed by atoms with Crippen LogP contribution in [0.4, 0.5) is 0 Å². The van der Waals surface area contributed by atoms with Crippen molar-refractivity contribution in [1.29, 1.82) is 0 Å². The number of aryl methyl sites for hydroxylation is 1. The highest BCUT2D eigenvalue weighted by Gasteiger charge is 2.22. The van der Waals surface area contributed by atoms with Crippen LogP contribution in [0.15, 0.2) is 71.9 Å². The molecule has 0 spiro atoms. The van der Waals surface area contributed by atoms with Crippen LogP contribution >= 0.6 is 11.8 Å². The molecule has 0 bridgehead atoms. The number of benzene rings is 3. The quantitative estimate of drug-likeness (QED) is 0.436. The average molecular weight is 458 g/mol. The lowest BCUT2D eigenvalue weighted by molar-refractivity contribution is -0.130. The van der Waals surface area contributed by atoms with Gasteiger partial charge in [0.1, 0.15) is 0 Å². The Hall–Kier alpha value is -3.16. The fourth-order valence-corrected chi connectivity index (χ4v) is 4.90. The summed E-state index contributed by atoms with van der Waals surface area (Å²) in [5.74, 6) is 1.23. The number of carbonyl (C=O) groups excluding carboxylic acids is 1. The number of fused-ring (bicyclic) bond motifs is 1. The number of nitrogens with zero attached hydrogens (tertiary/aromatic N) is 4. The van der Waals surface area contributed by atoms with Crippen LogP contribution in [0.3, 0.4) is 0 Å². The van der Waals surface area contributed by atoms with Crippen LogP contribution in [-0.4, -0.2) is 62.8 Å². The van der Waals surface area contributed by atoms with Gasteiger partial charge in [-0.2, -0.15) is 0 Å². The minimum atomic E-state index is 0.145. The number of hydrogen-bond acceptors (Lipinski definition) is 5. The van der Waals surface area contributed by atoms with E-state index in [0.29, 0.717) is 10.9 Å². The maximum absolute atomic E-state index is 12.7. The van der Waals surface area contributed by atoms with E-state index >= 15 is 0 Å². The summed E-state index contributed by atoms with van der Waals surface area (Å²) in [4.78, 5) is 21.7. The Morgan fingerprint density at radius 1 is 0.970 bits per heavy atom. The molecule has 33 heavy (non-hydrogen) atoms. The van der Waals surface area contributed by atoms with Crippen LogP contribution in [0, 0.1) is 6.92 Å². The molecule has 4 aromatic rings. The molecule has 0 atom stereocenters. The van der Waals surface area contributed by atoms with E-state index in [1.54, 1.807) is 0 Å². The first-order valence-corrected chi connectivity index (χ1v) is 12.2. The molecular weight excluding hydrogens is 430 g/mol. The van der Waals surface area contributed by atoms with Crippen molar-refractivity contribution >= 4 is 28.4 Å². The number of aromatic amines is 1. The first-order chi connectivity index (χ1) is 16.2. The molecule has 1 aromatic heterocycles. The van der Waals surface area contributed by atoms with Gasteiger partial charge in [-0.15, -0.1) is 5.10 Å². The van der Waals surface area contributed by atoms with E-state index in [4.69, 9.17) is 0 Å². The monoisotopic (exact) mass is 457 g/mol. The topological polar surface area (TPSA) is 65.1 Å². The summed E-state index contributed by atoms with van der Waals surface area (Å²) < 4.78 is 0. The van der Waals surface area contributed by atoms with Gasteiger partial charge in [0.15, 0.2) is 5.82 Å². The number of amides is 1. The Morgan fingerprint density at radius 3 is 2.55 bits per heavy atom. The Morgan fingerprint density at radius 2 is 1.73 bits per heavy atom. The third-order valence-corrected chi connectivity index (χ3v) is 6.95. The van der Waals surface area contributed by atoms with E-state index in [2.05, 4.69) is 69.5 Å². The van der Waals surface area contributed by atoms with Gasteiger partial charge in [-0.1, -0.05) is 84.1 Å². The van der Waals surface area contributed by atoms with Gasteiger partial charge in [-0.05, 0) is 23.3 Å². The summed E-state index contributed by atoms with van der Waals surface area (Å²) in [7, 11) is 0. The van der Waals surface area contributed by atoms with E-state index in [9.17, 15) is 4.79 Å². The van der Waals surface area contributed by atoms with Gasteiger partial charge in [0, 0.05) is 38.3 Å². The highest BCUT2D eigenvalue weighted by Crippen LogP contribution is 2.22. The molecule has 1 aliphatic rings. The van der Waals surface area contributed by atoms with Gasteiger partial charge < -0.3 is 4.90 Å². The van der Waals surface area contributed by atoms with Crippen LogP contribution < -0.4 is 0 Å².